The van der Waals surface area contributed by atoms with Gasteiger partial charge >= 0.3 is 0 Å². The molecule has 3 rings (SSSR count). The summed E-state index contributed by atoms with van der Waals surface area (Å²) in [5, 5.41) is 10.4. The zero-order valence-electron chi connectivity index (χ0n) is 16.0. The van der Waals surface area contributed by atoms with Gasteiger partial charge in [-0.2, -0.15) is 0 Å². The maximum Gasteiger partial charge on any atom is 0.193 e. The van der Waals surface area contributed by atoms with Crippen LogP contribution in [0.15, 0.2) is 48.6 Å². The number of aromatic hydroxyl groups is 1. The van der Waals surface area contributed by atoms with Gasteiger partial charge in [0.15, 0.2) is 5.78 Å². The summed E-state index contributed by atoms with van der Waals surface area (Å²) in [6.07, 6.45) is 6.74. The summed E-state index contributed by atoms with van der Waals surface area (Å²) in [6.45, 7) is 7.53. The van der Waals surface area contributed by atoms with E-state index in [1.54, 1.807) is 12.2 Å². The van der Waals surface area contributed by atoms with Gasteiger partial charge in [0, 0.05) is 6.07 Å². The first kappa shape index (κ1) is 18.8. The molecule has 1 N–H and O–H groups in total. The van der Waals surface area contributed by atoms with Crippen molar-refractivity contribution in [3.8, 4) is 17.2 Å². The van der Waals surface area contributed by atoms with Crippen molar-refractivity contribution in [3.05, 3.63) is 65.2 Å². The first-order valence-electron chi connectivity index (χ1n) is 8.99. The molecule has 1 heterocycles. The Hall–Kier alpha value is -3.01. The molecule has 0 bridgehead atoms. The lowest BCUT2D eigenvalue weighted by molar-refractivity contribution is 0.102. The third kappa shape index (κ3) is 4.22. The van der Waals surface area contributed by atoms with Crippen molar-refractivity contribution < 1.29 is 19.4 Å². The lowest BCUT2D eigenvalue weighted by Gasteiger charge is -2.30. The van der Waals surface area contributed by atoms with E-state index in [-0.39, 0.29) is 17.6 Å². The minimum absolute atomic E-state index is 0.0241. The first-order valence-corrected chi connectivity index (χ1v) is 8.99. The van der Waals surface area contributed by atoms with Gasteiger partial charge in [0.2, 0.25) is 0 Å². The predicted molar refractivity (Wildman–Crippen MR) is 107 cm³/mol. The van der Waals surface area contributed by atoms with Crippen LogP contribution < -0.4 is 9.47 Å². The second kappa shape index (κ2) is 7.31. The molecule has 0 amide bonds. The summed E-state index contributed by atoms with van der Waals surface area (Å²) in [4.78, 5) is 13.1. The fourth-order valence-corrected chi connectivity index (χ4v) is 2.88. The van der Waals surface area contributed by atoms with Crippen LogP contribution in [0.25, 0.3) is 12.2 Å². The molecule has 0 atom stereocenters. The van der Waals surface area contributed by atoms with Crippen LogP contribution in [0.3, 0.4) is 0 Å². The number of benzene rings is 2. The Bertz CT molecular complexity index is 906. The minimum atomic E-state index is -0.589. The molecule has 1 aliphatic rings. The number of phenolic OH excluding ortho intramolecular Hbond substituents is 1. The highest BCUT2D eigenvalue weighted by atomic mass is 16.5. The van der Waals surface area contributed by atoms with Crippen LogP contribution in [0.4, 0.5) is 0 Å². The molecule has 4 nitrogen and oxygen atoms in total. The van der Waals surface area contributed by atoms with Crippen LogP contribution in [-0.2, 0) is 0 Å². The number of hydrogen-bond donors (Lipinski definition) is 1. The molecular formula is C23H24O4. The number of carbonyl (C=O) groups is 1. The third-order valence-corrected chi connectivity index (χ3v) is 4.11. The van der Waals surface area contributed by atoms with Crippen molar-refractivity contribution in [1.29, 1.82) is 0 Å². The van der Waals surface area contributed by atoms with Gasteiger partial charge in [-0.15, -0.1) is 0 Å². The molecule has 27 heavy (non-hydrogen) atoms. The van der Waals surface area contributed by atoms with Crippen LogP contribution in [0.5, 0.6) is 17.2 Å². The normalized spacial score (nSPS) is 14.9. The molecule has 2 aromatic rings. The lowest BCUT2D eigenvalue weighted by Crippen LogP contribution is -2.29. The first-order chi connectivity index (χ1) is 12.8. The molecule has 1 aliphatic heterocycles. The molecule has 4 heteroatoms. The number of hydrogen-bond acceptors (Lipinski definition) is 4. The Balaban J connectivity index is 2.10. The summed E-state index contributed by atoms with van der Waals surface area (Å²) in [7, 11) is 0. The van der Waals surface area contributed by atoms with Crippen LogP contribution in [0.1, 0.15) is 49.2 Å². The smallest absolute Gasteiger partial charge is 0.193 e. The van der Waals surface area contributed by atoms with E-state index in [1.807, 2.05) is 64.1 Å². The average Bonchev–Trinajstić information content (AvgIpc) is 2.59. The van der Waals surface area contributed by atoms with Gasteiger partial charge in [0.05, 0.1) is 11.7 Å². The Kier molecular flexibility index (Phi) is 5.08. The Morgan fingerprint density at radius 1 is 1.22 bits per heavy atom. The molecule has 140 valence electrons. The highest BCUT2D eigenvalue weighted by Crippen LogP contribution is 2.44. The molecule has 0 spiro atoms. The second-order valence-electron chi connectivity index (χ2n) is 7.33. The van der Waals surface area contributed by atoms with Crippen molar-refractivity contribution in [3.63, 3.8) is 0 Å². The van der Waals surface area contributed by atoms with E-state index >= 15 is 0 Å². The van der Waals surface area contributed by atoms with Gasteiger partial charge in [-0.3, -0.25) is 4.79 Å². The highest BCUT2D eigenvalue weighted by molar-refractivity contribution is 6.11. The molecule has 0 saturated carbocycles. The number of ether oxygens (including phenoxy) is 2. The van der Waals surface area contributed by atoms with E-state index in [9.17, 15) is 9.90 Å². The molecule has 0 saturated heterocycles. The average molecular weight is 364 g/mol. The van der Waals surface area contributed by atoms with Crippen molar-refractivity contribution >= 4 is 17.9 Å². The molecule has 0 aliphatic carbocycles. The van der Waals surface area contributed by atoms with E-state index < -0.39 is 5.60 Å². The number of carbonyl (C=O) groups excluding carboxylic acids is 1. The Morgan fingerprint density at radius 3 is 2.59 bits per heavy atom. The van der Waals surface area contributed by atoms with Crippen LogP contribution in [-0.4, -0.2) is 22.6 Å². The van der Waals surface area contributed by atoms with Crippen molar-refractivity contribution in [2.24, 2.45) is 0 Å². The summed E-state index contributed by atoms with van der Waals surface area (Å²) in [6, 6.07) is 11.1. The summed E-state index contributed by atoms with van der Waals surface area (Å²) in [5.41, 5.74) is 1.14. The van der Waals surface area contributed by atoms with Crippen LogP contribution >= 0.6 is 0 Å². The maximum atomic E-state index is 13.1. The highest BCUT2D eigenvalue weighted by Gasteiger charge is 2.30. The minimum Gasteiger partial charge on any atom is -0.507 e. The Morgan fingerprint density at radius 2 is 1.93 bits per heavy atom. The van der Waals surface area contributed by atoms with Gasteiger partial charge in [-0.1, -0.05) is 36.4 Å². The predicted octanol–water partition coefficient (Wildman–Crippen LogP) is 5.26. The number of phenols is 1. The zero-order valence-corrected chi connectivity index (χ0v) is 16.0. The van der Waals surface area contributed by atoms with Gasteiger partial charge in [-0.25, -0.2) is 0 Å². The molecule has 0 radical (unpaired) electrons. The number of fused-ring (bicyclic) bond motifs is 1. The lowest BCUT2D eigenvalue weighted by atomic mass is 9.96. The quantitative estimate of drug-likeness (QED) is 0.581. The molecule has 2 aromatic carbocycles. The van der Waals surface area contributed by atoms with E-state index in [1.165, 1.54) is 12.1 Å². The molecule has 0 unspecified atom stereocenters. The zero-order chi connectivity index (χ0) is 19.6. The van der Waals surface area contributed by atoms with E-state index in [2.05, 4.69) is 0 Å². The summed E-state index contributed by atoms with van der Waals surface area (Å²) >= 11 is 0. The fourth-order valence-electron chi connectivity index (χ4n) is 2.88. The van der Waals surface area contributed by atoms with Crippen molar-refractivity contribution in [1.82, 2.24) is 0 Å². The van der Waals surface area contributed by atoms with Gasteiger partial charge in [0.25, 0.3) is 0 Å². The van der Waals surface area contributed by atoms with E-state index in [4.69, 9.17) is 9.47 Å². The molecule has 0 aromatic heterocycles. The Labute approximate surface area is 159 Å². The standard InChI is InChI=1S/C23H24O4/c1-15(2)26-20-14-19(25)17-12-13-23(3,4)27-22(17)21(20)18(24)11-10-16-8-6-5-7-9-16/h5-15,25H,1-4H3/b11-10+. The number of ketones is 1. The van der Waals surface area contributed by atoms with Crippen LogP contribution in [0.2, 0.25) is 0 Å². The van der Waals surface area contributed by atoms with E-state index in [0.29, 0.717) is 22.6 Å². The molecular weight excluding hydrogens is 340 g/mol. The molecule has 0 fully saturated rings. The monoisotopic (exact) mass is 364 g/mol. The maximum absolute atomic E-state index is 13.1. The van der Waals surface area contributed by atoms with Gasteiger partial charge < -0.3 is 14.6 Å². The topological polar surface area (TPSA) is 55.8 Å². The van der Waals surface area contributed by atoms with Crippen LogP contribution in [0, 0.1) is 0 Å². The van der Waals surface area contributed by atoms with E-state index in [0.717, 1.165) is 5.56 Å². The van der Waals surface area contributed by atoms with Crippen molar-refractivity contribution in [2.45, 2.75) is 39.4 Å². The SMILES string of the molecule is CC(C)Oc1cc(O)c2c(c1C(=O)/C=C/c1ccccc1)OC(C)(C)C=C2. The number of allylic oxidation sites excluding steroid dienone is 1. The van der Waals surface area contributed by atoms with Gasteiger partial charge in [0.1, 0.15) is 28.4 Å². The van der Waals surface area contributed by atoms with Gasteiger partial charge in [-0.05, 0) is 51.5 Å². The van der Waals surface area contributed by atoms with Crippen molar-refractivity contribution in [2.75, 3.05) is 0 Å². The third-order valence-electron chi connectivity index (χ3n) is 4.11. The summed E-state index contributed by atoms with van der Waals surface area (Å²) < 4.78 is 11.9. The largest absolute Gasteiger partial charge is 0.507 e. The fraction of sp³-hybridized carbons (Fsp3) is 0.261. The second-order valence-corrected chi connectivity index (χ2v) is 7.33. The summed E-state index contributed by atoms with van der Waals surface area (Å²) in [5.74, 6) is 0.448. The number of rotatable bonds is 5.